The second-order valence-electron chi connectivity index (χ2n) is 5.99. The molecular formula is C15H21FN2O. The largest absolute Gasteiger partial charge is 0.332 e. The van der Waals surface area contributed by atoms with Crippen LogP contribution in [0.2, 0.25) is 0 Å². The van der Waals surface area contributed by atoms with Gasteiger partial charge in [-0.25, -0.2) is 4.39 Å². The molecule has 0 saturated carbocycles. The molecule has 1 amide bonds. The molecule has 1 heterocycles. The maximum Gasteiger partial charge on any atom is 0.254 e. The molecule has 104 valence electrons. The lowest BCUT2D eigenvalue weighted by atomic mass is 9.87. The summed E-state index contributed by atoms with van der Waals surface area (Å²) in [5, 5.41) is 0. The number of nitrogens with two attached hydrogens (primary N) is 1. The van der Waals surface area contributed by atoms with Gasteiger partial charge in [-0.3, -0.25) is 4.79 Å². The molecule has 1 unspecified atom stereocenters. The first-order valence-electron chi connectivity index (χ1n) is 6.65. The number of piperidine rings is 1. The molecule has 1 atom stereocenters. The van der Waals surface area contributed by atoms with Crippen LogP contribution in [0.3, 0.4) is 0 Å². The van der Waals surface area contributed by atoms with Crippen LogP contribution in [0.5, 0.6) is 0 Å². The highest BCUT2D eigenvalue weighted by Crippen LogP contribution is 2.28. The van der Waals surface area contributed by atoms with E-state index in [1.54, 1.807) is 19.1 Å². The molecule has 0 spiro atoms. The third-order valence-electron chi connectivity index (χ3n) is 3.92. The zero-order valence-electron chi connectivity index (χ0n) is 11.7. The monoisotopic (exact) mass is 264 g/mol. The summed E-state index contributed by atoms with van der Waals surface area (Å²) in [5.41, 5.74) is 6.78. The first-order chi connectivity index (χ1) is 8.81. The van der Waals surface area contributed by atoms with E-state index in [0.29, 0.717) is 17.7 Å². The van der Waals surface area contributed by atoms with Crippen molar-refractivity contribution in [2.45, 2.75) is 45.2 Å². The summed E-state index contributed by atoms with van der Waals surface area (Å²) in [6.07, 6.45) is 1.82. The molecule has 1 fully saturated rings. The predicted molar refractivity (Wildman–Crippen MR) is 73.5 cm³/mol. The molecule has 1 aliphatic rings. The minimum absolute atomic E-state index is 0.0264. The van der Waals surface area contributed by atoms with Crippen LogP contribution >= 0.6 is 0 Å². The van der Waals surface area contributed by atoms with Crippen LogP contribution in [-0.4, -0.2) is 28.9 Å². The molecule has 1 aromatic rings. The fraction of sp³-hybridized carbons (Fsp3) is 0.533. The fourth-order valence-corrected chi connectivity index (χ4v) is 2.54. The highest BCUT2D eigenvalue weighted by molar-refractivity contribution is 5.95. The van der Waals surface area contributed by atoms with Gasteiger partial charge in [0.15, 0.2) is 0 Å². The van der Waals surface area contributed by atoms with E-state index < -0.39 is 0 Å². The Morgan fingerprint density at radius 1 is 1.47 bits per heavy atom. The number of halogens is 1. The molecule has 4 heteroatoms. The van der Waals surface area contributed by atoms with Gasteiger partial charge in [-0.2, -0.15) is 0 Å². The Labute approximate surface area is 113 Å². The number of hydrogen-bond donors (Lipinski definition) is 1. The number of nitrogens with zero attached hydrogens (tertiary/aromatic N) is 1. The van der Waals surface area contributed by atoms with Crippen LogP contribution in [0.1, 0.15) is 42.6 Å². The number of carbonyl (C=O) groups excluding carboxylic acids is 1. The topological polar surface area (TPSA) is 46.3 Å². The van der Waals surface area contributed by atoms with Crippen molar-refractivity contribution in [3.05, 3.63) is 35.1 Å². The standard InChI is InChI=1S/C15H21FN2O/c1-10-8-11(4-5-13(10)16)14(19)18-9-12(17)6-7-15(18,2)3/h4-5,8,12H,6-7,9,17H2,1-3H3. The third-order valence-corrected chi connectivity index (χ3v) is 3.92. The van der Waals surface area contributed by atoms with E-state index in [1.807, 2.05) is 18.7 Å². The molecule has 19 heavy (non-hydrogen) atoms. The third kappa shape index (κ3) is 2.78. The molecule has 2 N–H and O–H groups in total. The van der Waals surface area contributed by atoms with Gasteiger partial charge in [-0.15, -0.1) is 0 Å². The highest BCUT2D eigenvalue weighted by atomic mass is 19.1. The highest BCUT2D eigenvalue weighted by Gasteiger charge is 2.36. The van der Waals surface area contributed by atoms with Crippen molar-refractivity contribution < 1.29 is 9.18 Å². The van der Waals surface area contributed by atoms with E-state index in [1.165, 1.54) is 6.07 Å². The van der Waals surface area contributed by atoms with Gasteiger partial charge in [-0.05, 0) is 57.4 Å². The van der Waals surface area contributed by atoms with Gasteiger partial charge < -0.3 is 10.6 Å². The van der Waals surface area contributed by atoms with Crippen molar-refractivity contribution >= 4 is 5.91 Å². The predicted octanol–water partition coefficient (Wildman–Crippen LogP) is 2.48. The summed E-state index contributed by atoms with van der Waals surface area (Å²) in [5.74, 6) is -0.352. The molecule has 1 aliphatic heterocycles. The smallest absolute Gasteiger partial charge is 0.254 e. The van der Waals surface area contributed by atoms with Crippen molar-refractivity contribution in [2.24, 2.45) is 5.73 Å². The Bertz CT molecular complexity index is 499. The van der Waals surface area contributed by atoms with Crippen LogP contribution in [0.15, 0.2) is 18.2 Å². The minimum atomic E-state index is -0.286. The van der Waals surface area contributed by atoms with Crippen molar-refractivity contribution in [3.63, 3.8) is 0 Å². The summed E-state index contributed by atoms with van der Waals surface area (Å²) >= 11 is 0. The van der Waals surface area contributed by atoms with Gasteiger partial charge in [0.25, 0.3) is 5.91 Å². The van der Waals surface area contributed by atoms with Gasteiger partial charge in [0, 0.05) is 23.7 Å². The first-order valence-corrected chi connectivity index (χ1v) is 6.65. The quantitative estimate of drug-likeness (QED) is 0.847. The minimum Gasteiger partial charge on any atom is -0.332 e. The van der Waals surface area contributed by atoms with Gasteiger partial charge in [0.2, 0.25) is 0 Å². The average molecular weight is 264 g/mol. The Morgan fingerprint density at radius 3 is 2.79 bits per heavy atom. The van der Waals surface area contributed by atoms with E-state index in [-0.39, 0.29) is 23.3 Å². The van der Waals surface area contributed by atoms with Crippen molar-refractivity contribution in [1.29, 1.82) is 0 Å². The molecule has 0 aliphatic carbocycles. The summed E-state index contributed by atoms with van der Waals surface area (Å²) in [6.45, 7) is 6.32. The lowest BCUT2D eigenvalue weighted by Gasteiger charge is -2.44. The lowest BCUT2D eigenvalue weighted by molar-refractivity contribution is 0.0395. The Kier molecular flexibility index (Phi) is 3.63. The summed E-state index contributed by atoms with van der Waals surface area (Å²) in [4.78, 5) is 14.4. The average Bonchev–Trinajstić information content (AvgIpc) is 2.35. The fourth-order valence-electron chi connectivity index (χ4n) is 2.54. The van der Waals surface area contributed by atoms with E-state index in [4.69, 9.17) is 5.73 Å². The second kappa shape index (κ2) is 4.93. The number of rotatable bonds is 1. The van der Waals surface area contributed by atoms with E-state index in [0.717, 1.165) is 12.8 Å². The maximum absolute atomic E-state index is 13.3. The molecule has 0 radical (unpaired) electrons. The normalized spacial score (nSPS) is 22.4. The van der Waals surface area contributed by atoms with Crippen molar-refractivity contribution in [2.75, 3.05) is 6.54 Å². The van der Waals surface area contributed by atoms with Crippen LogP contribution in [0.25, 0.3) is 0 Å². The molecule has 1 saturated heterocycles. The van der Waals surface area contributed by atoms with Crippen LogP contribution in [0.4, 0.5) is 4.39 Å². The van der Waals surface area contributed by atoms with Gasteiger partial charge >= 0.3 is 0 Å². The van der Waals surface area contributed by atoms with Crippen LogP contribution in [0, 0.1) is 12.7 Å². The van der Waals surface area contributed by atoms with E-state index >= 15 is 0 Å². The number of likely N-dealkylation sites (tertiary alicyclic amines) is 1. The molecule has 0 bridgehead atoms. The molecular weight excluding hydrogens is 243 g/mol. The lowest BCUT2D eigenvalue weighted by Crippen LogP contribution is -2.56. The summed E-state index contributed by atoms with van der Waals surface area (Å²) in [7, 11) is 0. The summed E-state index contributed by atoms with van der Waals surface area (Å²) < 4.78 is 13.3. The number of aryl methyl sites for hydroxylation is 1. The van der Waals surface area contributed by atoms with Crippen LogP contribution in [-0.2, 0) is 0 Å². The first kappa shape index (κ1) is 14.0. The van der Waals surface area contributed by atoms with Gasteiger partial charge in [0.05, 0.1) is 0 Å². The summed E-state index contributed by atoms with van der Waals surface area (Å²) in [6, 6.07) is 4.52. The van der Waals surface area contributed by atoms with Gasteiger partial charge in [-0.1, -0.05) is 0 Å². The number of amides is 1. The number of carbonyl (C=O) groups is 1. The SMILES string of the molecule is Cc1cc(C(=O)N2CC(N)CCC2(C)C)ccc1F. The van der Waals surface area contributed by atoms with E-state index in [9.17, 15) is 9.18 Å². The van der Waals surface area contributed by atoms with Crippen LogP contribution < -0.4 is 5.73 Å². The zero-order chi connectivity index (χ0) is 14.2. The number of hydrogen-bond acceptors (Lipinski definition) is 2. The zero-order valence-corrected chi connectivity index (χ0v) is 11.7. The Hall–Kier alpha value is -1.42. The second-order valence-corrected chi connectivity index (χ2v) is 5.99. The van der Waals surface area contributed by atoms with Crippen molar-refractivity contribution in [3.8, 4) is 0 Å². The molecule has 1 aromatic carbocycles. The van der Waals surface area contributed by atoms with E-state index in [2.05, 4.69) is 0 Å². The molecule has 2 rings (SSSR count). The number of benzene rings is 1. The Balaban J connectivity index is 2.29. The molecule has 0 aromatic heterocycles. The maximum atomic E-state index is 13.3. The molecule has 3 nitrogen and oxygen atoms in total. The Morgan fingerprint density at radius 2 is 2.16 bits per heavy atom. The van der Waals surface area contributed by atoms with Gasteiger partial charge in [0.1, 0.15) is 5.82 Å². The van der Waals surface area contributed by atoms with Crippen molar-refractivity contribution in [1.82, 2.24) is 4.90 Å².